The summed E-state index contributed by atoms with van der Waals surface area (Å²) in [5, 5.41) is 12.7. The molecule has 3 nitrogen and oxygen atoms in total. The Morgan fingerprint density at radius 3 is 2.30 bits per heavy atom. The third kappa shape index (κ3) is 3.88. The van der Waals surface area contributed by atoms with Gasteiger partial charge in [0.15, 0.2) is 0 Å². The highest BCUT2D eigenvalue weighted by Gasteiger charge is 2.04. The standard InChI is InChI=1S/C15H13NO2S2/c1-19-15(12-5-3-2-4-6-12)11-20-14-9-7-13(8-10-14)16(17)18/h2-11H,1H3/b15-11+. The van der Waals surface area contributed by atoms with Gasteiger partial charge in [0.2, 0.25) is 0 Å². The minimum Gasteiger partial charge on any atom is -0.258 e. The predicted octanol–water partition coefficient (Wildman–Crippen LogP) is 5.05. The van der Waals surface area contributed by atoms with E-state index in [0.29, 0.717) is 0 Å². The number of non-ortho nitro benzene ring substituents is 1. The molecule has 0 bridgehead atoms. The van der Waals surface area contributed by atoms with Crippen LogP contribution in [0.2, 0.25) is 0 Å². The quantitative estimate of drug-likeness (QED) is 0.440. The monoisotopic (exact) mass is 303 g/mol. The number of nitrogens with zero attached hydrogens (tertiary/aromatic N) is 1. The molecule has 20 heavy (non-hydrogen) atoms. The average molecular weight is 303 g/mol. The Labute approximate surface area is 126 Å². The molecule has 2 aromatic carbocycles. The lowest BCUT2D eigenvalue weighted by Crippen LogP contribution is -1.86. The van der Waals surface area contributed by atoms with Crippen LogP contribution in [-0.2, 0) is 0 Å². The SMILES string of the molecule is CS/C(=C/Sc1ccc([N+](=O)[O-])cc1)c1ccccc1. The molecular formula is C15H13NO2S2. The number of nitro groups is 1. The van der Waals surface area contributed by atoms with Crippen LogP contribution in [0, 0.1) is 10.1 Å². The second-order valence-electron chi connectivity index (χ2n) is 3.92. The number of hydrogen-bond donors (Lipinski definition) is 0. The van der Waals surface area contributed by atoms with Gasteiger partial charge in [0.1, 0.15) is 0 Å². The normalized spacial score (nSPS) is 11.3. The molecular weight excluding hydrogens is 290 g/mol. The van der Waals surface area contributed by atoms with Crippen molar-refractivity contribution in [3.63, 3.8) is 0 Å². The molecule has 0 aliphatic rings. The van der Waals surface area contributed by atoms with Crippen LogP contribution in [0.15, 0.2) is 64.9 Å². The fraction of sp³-hybridized carbons (Fsp3) is 0.0667. The van der Waals surface area contributed by atoms with Crippen molar-refractivity contribution in [1.29, 1.82) is 0 Å². The Morgan fingerprint density at radius 2 is 1.75 bits per heavy atom. The summed E-state index contributed by atoms with van der Waals surface area (Å²) in [4.78, 5) is 12.4. The molecule has 0 saturated heterocycles. The fourth-order valence-electron chi connectivity index (χ4n) is 1.60. The Balaban J connectivity index is 2.12. The van der Waals surface area contributed by atoms with Gasteiger partial charge in [-0.3, -0.25) is 10.1 Å². The topological polar surface area (TPSA) is 43.1 Å². The third-order valence-corrected chi connectivity index (χ3v) is 4.47. The van der Waals surface area contributed by atoms with Gasteiger partial charge < -0.3 is 0 Å². The van der Waals surface area contributed by atoms with E-state index in [2.05, 4.69) is 17.5 Å². The summed E-state index contributed by atoms with van der Waals surface area (Å²) in [5.41, 5.74) is 1.29. The van der Waals surface area contributed by atoms with Crippen LogP contribution in [0.1, 0.15) is 5.56 Å². The molecule has 0 unspecified atom stereocenters. The first-order valence-corrected chi connectivity index (χ1v) is 8.02. The molecule has 0 saturated carbocycles. The van der Waals surface area contributed by atoms with Gasteiger partial charge in [-0.05, 0) is 29.4 Å². The molecule has 0 fully saturated rings. The van der Waals surface area contributed by atoms with E-state index in [4.69, 9.17) is 0 Å². The zero-order valence-electron chi connectivity index (χ0n) is 10.9. The molecule has 102 valence electrons. The number of rotatable bonds is 5. The van der Waals surface area contributed by atoms with Crippen LogP contribution in [0.5, 0.6) is 0 Å². The first-order chi connectivity index (χ1) is 9.70. The number of thioether (sulfide) groups is 2. The van der Waals surface area contributed by atoms with Crippen molar-refractivity contribution in [2.24, 2.45) is 0 Å². The molecule has 2 aromatic rings. The van der Waals surface area contributed by atoms with Gasteiger partial charge >= 0.3 is 0 Å². The van der Waals surface area contributed by atoms with Crippen LogP contribution in [0.3, 0.4) is 0 Å². The van der Waals surface area contributed by atoms with Crippen molar-refractivity contribution in [1.82, 2.24) is 0 Å². The van der Waals surface area contributed by atoms with Gasteiger partial charge in [0, 0.05) is 21.9 Å². The van der Waals surface area contributed by atoms with E-state index in [-0.39, 0.29) is 10.6 Å². The van der Waals surface area contributed by atoms with Gasteiger partial charge in [0.05, 0.1) is 4.92 Å². The molecule has 0 N–H and O–H groups in total. The Hall–Kier alpha value is -1.72. The van der Waals surface area contributed by atoms with Crippen LogP contribution in [0.4, 0.5) is 5.69 Å². The Kier molecular flexibility index (Phi) is 5.26. The van der Waals surface area contributed by atoms with Crippen molar-refractivity contribution in [2.45, 2.75) is 4.90 Å². The minimum absolute atomic E-state index is 0.117. The summed E-state index contributed by atoms with van der Waals surface area (Å²) >= 11 is 3.25. The Bertz CT molecular complexity index is 610. The molecule has 0 amide bonds. The molecule has 0 aliphatic heterocycles. The molecule has 0 spiro atoms. The lowest BCUT2D eigenvalue weighted by molar-refractivity contribution is -0.384. The molecule has 2 rings (SSSR count). The van der Waals surface area contributed by atoms with Crippen LogP contribution in [-0.4, -0.2) is 11.2 Å². The van der Waals surface area contributed by atoms with Gasteiger partial charge in [-0.15, -0.1) is 11.8 Å². The predicted molar refractivity (Wildman–Crippen MR) is 86.9 cm³/mol. The van der Waals surface area contributed by atoms with E-state index in [1.54, 1.807) is 35.7 Å². The van der Waals surface area contributed by atoms with E-state index < -0.39 is 0 Å². The second kappa shape index (κ2) is 7.17. The second-order valence-corrected chi connectivity index (χ2v) is 5.71. The maximum atomic E-state index is 10.6. The molecule has 0 heterocycles. The number of nitro benzene ring substituents is 1. The summed E-state index contributed by atoms with van der Waals surface area (Å²) in [6, 6.07) is 16.7. The van der Waals surface area contributed by atoms with Crippen molar-refractivity contribution < 1.29 is 4.92 Å². The first kappa shape index (κ1) is 14.7. The maximum absolute atomic E-state index is 10.6. The Morgan fingerprint density at radius 1 is 1.10 bits per heavy atom. The largest absolute Gasteiger partial charge is 0.269 e. The van der Waals surface area contributed by atoms with Gasteiger partial charge in [-0.2, -0.15) is 0 Å². The van der Waals surface area contributed by atoms with Crippen molar-refractivity contribution in [3.8, 4) is 0 Å². The summed E-state index contributed by atoms with van der Waals surface area (Å²) in [6.07, 6.45) is 2.04. The van der Waals surface area contributed by atoms with E-state index in [0.717, 1.165) is 4.90 Å². The van der Waals surface area contributed by atoms with Gasteiger partial charge in [0.25, 0.3) is 5.69 Å². The molecule has 0 aliphatic carbocycles. The average Bonchev–Trinajstić information content (AvgIpc) is 2.49. The lowest BCUT2D eigenvalue weighted by Gasteiger charge is -2.04. The van der Waals surface area contributed by atoms with E-state index in [9.17, 15) is 10.1 Å². The summed E-state index contributed by atoms with van der Waals surface area (Å²) in [7, 11) is 0. The lowest BCUT2D eigenvalue weighted by atomic mass is 10.2. The molecule has 0 atom stereocenters. The molecule has 0 aromatic heterocycles. The van der Waals surface area contributed by atoms with Crippen LogP contribution >= 0.6 is 23.5 Å². The van der Waals surface area contributed by atoms with E-state index in [1.807, 2.05) is 24.5 Å². The number of benzene rings is 2. The van der Waals surface area contributed by atoms with Crippen LogP contribution in [0.25, 0.3) is 4.91 Å². The van der Waals surface area contributed by atoms with Crippen molar-refractivity contribution in [2.75, 3.05) is 6.26 Å². The fourth-order valence-corrected chi connectivity index (χ4v) is 3.18. The summed E-state index contributed by atoms with van der Waals surface area (Å²) in [6.45, 7) is 0. The zero-order valence-corrected chi connectivity index (χ0v) is 12.5. The van der Waals surface area contributed by atoms with Gasteiger partial charge in [-0.1, -0.05) is 42.1 Å². The molecule has 5 heteroatoms. The summed E-state index contributed by atoms with van der Waals surface area (Å²) in [5.74, 6) is 0. The minimum atomic E-state index is -0.387. The zero-order chi connectivity index (χ0) is 14.4. The highest BCUT2D eigenvalue weighted by atomic mass is 32.2. The first-order valence-electron chi connectivity index (χ1n) is 5.91. The van der Waals surface area contributed by atoms with Crippen molar-refractivity contribution >= 4 is 34.1 Å². The highest BCUT2D eigenvalue weighted by molar-refractivity contribution is 8.10. The smallest absolute Gasteiger partial charge is 0.258 e. The summed E-state index contributed by atoms with van der Waals surface area (Å²) < 4.78 is 0. The van der Waals surface area contributed by atoms with Crippen molar-refractivity contribution in [3.05, 3.63) is 75.7 Å². The van der Waals surface area contributed by atoms with Crippen LogP contribution < -0.4 is 0 Å². The number of hydrogen-bond acceptors (Lipinski definition) is 4. The molecule has 0 radical (unpaired) electrons. The highest BCUT2D eigenvalue weighted by Crippen LogP contribution is 2.31. The maximum Gasteiger partial charge on any atom is 0.269 e. The van der Waals surface area contributed by atoms with E-state index in [1.165, 1.54) is 22.6 Å². The third-order valence-electron chi connectivity index (χ3n) is 2.63. The van der Waals surface area contributed by atoms with E-state index >= 15 is 0 Å². The van der Waals surface area contributed by atoms with Gasteiger partial charge in [-0.25, -0.2) is 0 Å².